The fourth-order valence-electron chi connectivity index (χ4n) is 1.26. The average molecular weight is 153 g/mol. The molecule has 0 aromatic carbocycles. The van der Waals surface area contributed by atoms with Gasteiger partial charge in [-0.2, -0.15) is 0 Å². The first kappa shape index (κ1) is 6.67. The summed E-state index contributed by atoms with van der Waals surface area (Å²) in [4.78, 5) is 2.21. The summed E-state index contributed by atoms with van der Waals surface area (Å²) in [5.41, 5.74) is 0. The molecule has 0 atom stereocenters. The van der Waals surface area contributed by atoms with Crippen LogP contribution in [0.5, 0.6) is 0 Å². The van der Waals surface area contributed by atoms with Crippen LogP contribution in [0.15, 0.2) is 16.9 Å². The first-order valence-electron chi connectivity index (χ1n) is 3.83. The van der Waals surface area contributed by atoms with Crippen molar-refractivity contribution in [2.24, 2.45) is 0 Å². The van der Waals surface area contributed by atoms with E-state index in [2.05, 4.69) is 15.4 Å². The summed E-state index contributed by atoms with van der Waals surface area (Å²) >= 11 is 0. The molecule has 1 aromatic rings. The van der Waals surface area contributed by atoms with E-state index in [9.17, 15) is 0 Å². The van der Waals surface area contributed by atoms with Crippen molar-refractivity contribution in [1.29, 1.82) is 0 Å². The third-order valence-electron chi connectivity index (χ3n) is 1.87. The highest BCUT2D eigenvalue weighted by molar-refractivity contribution is 5.36. The van der Waals surface area contributed by atoms with E-state index in [0.29, 0.717) is 0 Å². The van der Waals surface area contributed by atoms with E-state index in [1.54, 1.807) is 6.26 Å². The lowest BCUT2D eigenvalue weighted by atomic mass is 10.3. The number of piperazine rings is 1. The van der Waals surface area contributed by atoms with Gasteiger partial charge >= 0.3 is 0 Å². The maximum absolute atomic E-state index is 4.76. The Bertz CT molecular complexity index is 203. The van der Waals surface area contributed by atoms with Crippen molar-refractivity contribution in [3.8, 4) is 0 Å². The summed E-state index contributed by atoms with van der Waals surface area (Å²) < 4.78 is 4.76. The molecular weight excluding hydrogens is 142 g/mol. The summed E-state index contributed by atoms with van der Waals surface area (Å²) in [7, 11) is 0. The Balaban J connectivity index is 2.04. The van der Waals surface area contributed by atoms with Crippen LogP contribution >= 0.6 is 0 Å². The number of hydrogen-bond acceptors (Lipinski definition) is 4. The number of nitrogens with one attached hydrogen (secondary N) is 1. The van der Waals surface area contributed by atoms with Crippen LogP contribution in [0.4, 0.5) is 5.82 Å². The number of hydrogen-bond donors (Lipinski definition) is 1. The highest BCUT2D eigenvalue weighted by atomic mass is 16.5. The van der Waals surface area contributed by atoms with Crippen LogP contribution in [-0.2, 0) is 0 Å². The van der Waals surface area contributed by atoms with Gasteiger partial charge in [-0.1, -0.05) is 5.16 Å². The minimum atomic E-state index is 0.950. The summed E-state index contributed by atoms with van der Waals surface area (Å²) in [6.07, 6.45) is 1.61. The van der Waals surface area contributed by atoms with Gasteiger partial charge in [-0.25, -0.2) is 0 Å². The Kier molecular flexibility index (Phi) is 1.77. The third kappa shape index (κ3) is 1.35. The zero-order chi connectivity index (χ0) is 7.52. The molecule has 1 fully saturated rings. The monoisotopic (exact) mass is 153 g/mol. The van der Waals surface area contributed by atoms with Crippen LogP contribution in [0.2, 0.25) is 0 Å². The second-order valence-electron chi connectivity index (χ2n) is 2.59. The highest BCUT2D eigenvalue weighted by Crippen LogP contribution is 2.09. The third-order valence-corrected chi connectivity index (χ3v) is 1.87. The normalized spacial score (nSPS) is 18.7. The topological polar surface area (TPSA) is 41.3 Å². The van der Waals surface area contributed by atoms with Crippen molar-refractivity contribution in [2.75, 3.05) is 31.1 Å². The zero-order valence-electron chi connectivity index (χ0n) is 6.29. The zero-order valence-corrected chi connectivity index (χ0v) is 6.29. The molecular formula is C7H11N3O. The van der Waals surface area contributed by atoms with Crippen LogP contribution < -0.4 is 10.2 Å². The Morgan fingerprint density at radius 1 is 1.45 bits per heavy atom. The molecule has 60 valence electrons. The van der Waals surface area contributed by atoms with Crippen LogP contribution in [0.3, 0.4) is 0 Å². The quantitative estimate of drug-likeness (QED) is 0.620. The second kappa shape index (κ2) is 2.92. The van der Waals surface area contributed by atoms with Gasteiger partial charge in [0, 0.05) is 32.2 Å². The fraction of sp³-hybridized carbons (Fsp3) is 0.571. The lowest BCUT2D eigenvalue weighted by Gasteiger charge is -2.26. The van der Waals surface area contributed by atoms with Crippen molar-refractivity contribution in [3.05, 3.63) is 12.3 Å². The average Bonchev–Trinajstić information content (AvgIpc) is 2.58. The molecule has 0 aliphatic carbocycles. The maximum Gasteiger partial charge on any atom is 0.172 e. The number of nitrogens with zero attached hydrogens (tertiary/aromatic N) is 2. The summed E-state index contributed by atoms with van der Waals surface area (Å²) in [6.45, 7) is 4.11. The van der Waals surface area contributed by atoms with Gasteiger partial charge < -0.3 is 14.7 Å². The van der Waals surface area contributed by atoms with E-state index >= 15 is 0 Å². The van der Waals surface area contributed by atoms with Crippen molar-refractivity contribution in [3.63, 3.8) is 0 Å². The highest BCUT2D eigenvalue weighted by Gasteiger charge is 2.11. The van der Waals surface area contributed by atoms with Gasteiger partial charge in [0.15, 0.2) is 5.82 Å². The molecule has 1 aliphatic rings. The molecule has 11 heavy (non-hydrogen) atoms. The minimum absolute atomic E-state index is 0.950. The molecule has 1 aliphatic heterocycles. The van der Waals surface area contributed by atoms with Crippen molar-refractivity contribution < 1.29 is 4.52 Å². The first-order chi connectivity index (χ1) is 5.47. The lowest BCUT2D eigenvalue weighted by Crippen LogP contribution is -2.43. The van der Waals surface area contributed by atoms with E-state index in [4.69, 9.17) is 4.52 Å². The Hall–Kier alpha value is -1.03. The molecule has 1 saturated heterocycles. The van der Waals surface area contributed by atoms with Crippen molar-refractivity contribution >= 4 is 5.82 Å². The maximum atomic E-state index is 4.76. The SMILES string of the molecule is c1cc(N2CCNCC2)no1. The van der Waals surface area contributed by atoms with E-state index in [-0.39, 0.29) is 0 Å². The standard InChI is InChI=1S/C7H11N3O/c1-6-11-9-7(1)10-4-2-8-3-5-10/h1,6,8H,2-5H2. The Morgan fingerprint density at radius 3 is 2.91 bits per heavy atom. The number of aromatic nitrogens is 1. The lowest BCUT2D eigenvalue weighted by molar-refractivity contribution is 0.417. The largest absolute Gasteiger partial charge is 0.363 e. The second-order valence-corrected chi connectivity index (χ2v) is 2.59. The molecule has 0 unspecified atom stereocenters. The minimum Gasteiger partial charge on any atom is -0.363 e. The molecule has 1 N–H and O–H groups in total. The van der Waals surface area contributed by atoms with Gasteiger partial charge in [0.2, 0.25) is 0 Å². The molecule has 0 amide bonds. The van der Waals surface area contributed by atoms with Gasteiger partial charge in [-0.3, -0.25) is 0 Å². The predicted octanol–water partition coefficient (Wildman–Crippen LogP) is 0.0842. The van der Waals surface area contributed by atoms with Crippen molar-refractivity contribution in [1.82, 2.24) is 10.5 Å². The van der Waals surface area contributed by atoms with Crippen LogP contribution in [0, 0.1) is 0 Å². The van der Waals surface area contributed by atoms with Gasteiger partial charge in [0.25, 0.3) is 0 Å². The Morgan fingerprint density at radius 2 is 2.27 bits per heavy atom. The van der Waals surface area contributed by atoms with Crippen LogP contribution in [0.25, 0.3) is 0 Å². The van der Waals surface area contributed by atoms with Crippen LogP contribution in [0.1, 0.15) is 0 Å². The molecule has 2 heterocycles. The molecule has 0 radical (unpaired) electrons. The van der Waals surface area contributed by atoms with E-state index in [1.165, 1.54) is 0 Å². The van der Waals surface area contributed by atoms with Gasteiger partial charge in [-0.15, -0.1) is 0 Å². The number of anilines is 1. The molecule has 1 aromatic heterocycles. The van der Waals surface area contributed by atoms with Gasteiger partial charge in [-0.05, 0) is 0 Å². The molecule has 0 saturated carbocycles. The van der Waals surface area contributed by atoms with Gasteiger partial charge in [0.05, 0.1) is 0 Å². The first-order valence-corrected chi connectivity index (χ1v) is 3.83. The van der Waals surface area contributed by atoms with E-state index in [0.717, 1.165) is 32.0 Å². The molecule has 2 rings (SSSR count). The molecule has 4 nitrogen and oxygen atoms in total. The number of rotatable bonds is 1. The summed E-state index contributed by atoms with van der Waals surface area (Å²) in [5, 5.41) is 7.14. The van der Waals surface area contributed by atoms with E-state index < -0.39 is 0 Å². The van der Waals surface area contributed by atoms with Gasteiger partial charge in [0.1, 0.15) is 6.26 Å². The molecule has 0 bridgehead atoms. The van der Waals surface area contributed by atoms with Crippen molar-refractivity contribution in [2.45, 2.75) is 0 Å². The Labute approximate surface area is 65.2 Å². The predicted molar refractivity (Wildman–Crippen MR) is 41.6 cm³/mol. The fourth-order valence-corrected chi connectivity index (χ4v) is 1.26. The smallest absolute Gasteiger partial charge is 0.172 e. The molecule has 0 spiro atoms. The van der Waals surface area contributed by atoms with Crippen LogP contribution in [-0.4, -0.2) is 31.3 Å². The molecule has 4 heteroatoms. The van der Waals surface area contributed by atoms with E-state index in [1.807, 2.05) is 6.07 Å². The summed E-state index contributed by atoms with van der Waals surface area (Å²) in [5.74, 6) is 0.950. The summed E-state index contributed by atoms with van der Waals surface area (Å²) in [6, 6.07) is 1.89.